The summed E-state index contributed by atoms with van der Waals surface area (Å²) >= 11 is 0. The Kier molecular flexibility index (Phi) is 3.04. The van der Waals surface area contributed by atoms with E-state index in [-0.39, 0.29) is 0 Å². The van der Waals surface area contributed by atoms with Gasteiger partial charge < -0.3 is 5.32 Å². The molecule has 0 bridgehead atoms. The first-order valence-corrected chi connectivity index (χ1v) is 6.90. The van der Waals surface area contributed by atoms with E-state index in [2.05, 4.69) is 5.32 Å². The number of nitrogens with zero attached hydrogens (tertiary/aromatic N) is 1. The zero-order valence-electron chi connectivity index (χ0n) is 11.1. The fourth-order valence-electron chi connectivity index (χ4n) is 3.01. The summed E-state index contributed by atoms with van der Waals surface area (Å²) in [6.07, 6.45) is 4.11. The van der Waals surface area contributed by atoms with Gasteiger partial charge in [-0.25, -0.2) is 4.79 Å². The molecule has 1 N–H and O–H groups in total. The van der Waals surface area contributed by atoms with Gasteiger partial charge in [0.25, 0.3) is 11.8 Å². The molecular weight excluding hydrogens is 256 g/mol. The Morgan fingerprint density at radius 1 is 1.05 bits per heavy atom. The zero-order valence-corrected chi connectivity index (χ0v) is 11.1. The molecule has 1 saturated carbocycles. The van der Waals surface area contributed by atoms with Gasteiger partial charge in [-0.2, -0.15) is 4.90 Å². The highest BCUT2D eigenvalue weighted by atomic mass is 16.2. The first-order chi connectivity index (χ1) is 9.64. The molecule has 1 saturated heterocycles. The van der Waals surface area contributed by atoms with E-state index >= 15 is 0 Å². The molecule has 1 heterocycles. The SMILES string of the molecule is O=C1NC2(CCCCC2)C(=O)N1C(=O)c1ccccc1. The first kappa shape index (κ1) is 12.8. The van der Waals surface area contributed by atoms with Crippen LogP contribution in [0.5, 0.6) is 0 Å². The summed E-state index contributed by atoms with van der Waals surface area (Å²) in [5, 5.41) is 2.74. The van der Waals surface area contributed by atoms with E-state index in [1.165, 1.54) is 0 Å². The Labute approximate surface area is 116 Å². The van der Waals surface area contributed by atoms with Crippen LogP contribution in [0, 0.1) is 0 Å². The fraction of sp³-hybridized carbons (Fsp3) is 0.400. The topological polar surface area (TPSA) is 66.5 Å². The van der Waals surface area contributed by atoms with E-state index < -0.39 is 23.4 Å². The predicted molar refractivity (Wildman–Crippen MR) is 72.0 cm³/mol. The molecule has 104 valence electrons. The lowest BCUT2D eigenvalue weighted by Gasteiger charge is -2.30. The second-order valence-electron chi connectivity index (χ2n) is 5.38. The lowest BCUT2D eigenvalue weighted by atomic mass is 9.81. The maximum absolute atomic E-state index is 12.5. The highest BCUT2D eigenvalue weighted by molar-refractivity contribution is 6.22. The van der Waals surface area contributed by atoms with Crippen LogP contribution in [-0.4, -0.2) is 28.3 Å². The van der Waals surface area contributed by atoms with Gasteiger partial charge in [0.1, 0.15) is 5.54 Å². The molecule has 4 amide bonds. The number of urea groups is 1. The van der Waals surface area contributed by atoms with Crippen LogP contribution < -0.4 is 5.32 Å². The lowest BCUT2D eigenvalue weighted by Crippen LogP contribution is -2.48. The molecule has 5 heteroatoms. The monoisotopic (exact) mass is 272 g/mol. The van der Waals surface area contributed by atoms with Gasteiger partial charge >= 0.3 is 6.03 Å². The molecule has 3 rings (SSSR count). The maximum Gasteiger partial charge on any atom is 0.332 e. The number of carbonyl (C=O) groups is 3. The smallest absolute Gasteiger partial charge is 0.323 e. The van der Waals surface area contributed by atoms with Gasteiger partial charge in [-0.3, -0.25) is 9.59 Å². The van der Waals surface area contributed by atoms with E-state index in [0.29, 0.717) is 18.4 Å². The zero-order chi connectivity index (χ0) is 14.2. The van der Waals surface area contributed by atoms with Crippen molar-refractivity contribution in [1.29, 1.82) is 0 Å². The van der Waals surface area contributed by atoms with Crippen LogP contribution >= 0.6 is 0 Å². The van der Waals surface area contributed by atoms with Crippen molar-refractivity contribution in [2.24, 2.45) is 0 Å². The number of hydrogen-bond acceptors (Lipinski definition) is 3. The van der Waals surface area contributed by atoms with Gasteiger partial charge in [0, 0.05) is 5.56 Å². The van der Waals surface area contributed by atoms with Gasteiger partial charge in [-0.1, -0.05) is 37.5 Å². The number of nitrogens with one attached hydrogen (secondary N) is 1. The standard InChI is InChI=1S/C15H16N2O3/c18-12(11-7-3-1-4-8-11)17-13(19)15(16-14(17)20)9-5-2-6-10-15/h1,3-4,7-8H,2,5-6,9-10H2,(H,16,20). The van der Waals surface area contributed by atoms with Crippen molar-refractivity contribution in [3.63, 3.8) is 0 Å². The molecule has 0 atom stereocenters. The highest BCUT2D eigenvalue weighted by Gasteiger charge is 2.53. The molecule has 0 aromatic heterocycles. The highest BCUT2D eigenvalue weighted by Crippen LogP contribution is 2.34. The third kappa shape index (κ3) is 1.90. The van der Waals surface area contributed by atoms with Gasteiger partial charge in [0.2, 0.25) is 0 Å². The Bertz CT molecular complexity index is 562. The Morgan fingerprint density at radius 2 is 1.70 bits per heavy atom. The summed E-state index contributed by atoms with van der Waals surface area (Å²) in [7, 11) is 0. The van der Waals surface area contributed by atoms with Crippen LogP contribution in [0.2, 0.25) is 0 Å². The Hall–Kier alpha value is -2.17. The summed E-state index contributed by atoms with van der Waals surface area (Å²) in [5.41, 5.74) is -0.497. The predicted octanol–water partition coefficient (Wildman–Crippen LogP) is 2.08. The second-order valence-corrected chi connectivity index (χ2v) is 5.38. The van der Waals surface area contributed by atoms with Crippen LogP contribution in [0.15, 0.2) is 30.3 Å². The minimum absolute atomic E-state index is 0.351. The Balaban J connectivity index is 1.89. The molecule has 0 unspecified atom stereocenters. The summed E-state index contributed by atoms with van der Waals surface area (Å²) in [5.74, 6) is -0.938. The van der Waals surface area contributed by atoms with E-state index in [0.717, 1.165) is 24.2 Å². The minimum atomic E-state index is -0.847. The number of carbonyl (C=O) groups excluding carboxylic acids is 3. The number of benzene rings is 1. The van der Waals surface area contributed by atoms with E-state index in [1.807, 2.05) is 0 Å². The first-order valence-electron chi connectivity index (χ1n) is 6.90. The van der Waals surface area contributed by atoms with Crippen LogP contribution in [0.25, 0.3) is 0 Å². The molecule has 1 aliphatic heterocycles. The number of hydrogen-bond donors (Lipinski definition) is 1. The average molecular weight is 272 g/mol. The van der Waals surface area contributed by atoms with Crippen molar-refractivity contribution in [3.05, 3.63) is 35.9 Å². The quantitative estimate of drug-likeness (QED) is 0.628. The van der Waals surface area contributed by atoms with Crippen molar-refractivity contribution in [2.75, 3.05) is 0 Å². The molecule has 0 radical (unpaired) electrons. The second kappa shape index (κ2) is 4.74. The van der Waals surface area contributed by atoms with E-state index in [1.54, 1.807) is 30.3 Å². The molecule has 1 spiro atoms. The summed E-state index contributed by atoms with van der Waals surface area (Å²) in [4.78, 5) is 37.7. The summed E-state index contributed by atoms with van der Waals surface area (Å²) < 4.78 is 0. The van der Waals surface area contributed by atoms with Crippen molar-refractivity contribution in [1.82, 2.24) is 10.2 Å². The third-order valence-corrected chi connectivity index (χ3v) is 4.09. The summed E-state index contributed by atoms with van der Waals surface area (Å²) in [6.45, 7) is 0. The largest absolute Gasteiger partial charge is 0.332 e. The maximum atomic E-state index is 12.5. The normalized spacial score (nSPS) is 21.1. The van der Waals surface area contributed by atoms with Crippen LogP contribution in [0.3, 0.4) is 0 Å². The van der Waals surface area contributed by atoms with Crippen LogP contribution in [0.1, 0.15) is 42.5 Å². The van der Waals surface area contributed by atoms with Crippen molar-refractivity contribution in [3.8, 4) is 0 Å². The van der Waals surface area contributed by atoms with Crippen molar-refractivity contribution < 1.29 is 14.4 Å². The molecule has 20 heavy (non-hydrogen) atoms. The lowest BCUT2D eigenvalue weighted by molar-refractivity contribution is -0.130. The van der Waals surface area contributed by atoms with Gasteiger partial charge in [0.05, 0.1) is 0 Å². The van der Waals surface area contributed by atoms with Gasteiger partial charge in [0.15, 0.2) is 0 Å². The number of amides is 4. The van der Waals surface area contributed by atoms with Crippen molar-refractivity contribution >= 4 is 17.8 Å². The van der Waals surface area contributed by atoms with Crippen molar-refractivity contribution in [2.45, 2.75) is 37.6 Å². The van der Waals surface area contributed by atoms with Gasteiger partial charge in [-0.05, 0) is 25.0 Å². The molecule has 1 aromatic carbocycles. The number of rotatable bonds is 1. The number of imide groups is 3. The van der Waals surface area contributed by atoms with E-state index in [9.17, 15) is 14.4 Å². The molecule has 2 aliphatic rings. The van der Waals surface area contributed by atoms with E-state index in [4.69, 9.17) is 0 Å². The van der Waals surface area contributed by atoms with Crippen LogP contribution in [-0.2, 0) is 4.79 Å². The molecular formula is C15H16N2O3. The molecule has 5 nitrogen and oxygen atoms in total. The fourth-order valence-corrected chi connectivity index (χ4v) is 3.01. The van der Waals surface area contributed by atoms with Gasteiger partial charge in [-0.15, -0.1) is 0 Å². The molecule has 1 aromatic rings. The minimum Gasteiger partial charge on any atom is -0.323 e. The van der Waals surface area contributed by atoms with Crippen LogP contribution in [0.4, 0.5) is 4.79 Å². The Morgan fingerprint density at radius 3 is 2.35 bits per heavy atom. The third-order valence-electron chi connectivity index (χ3n) is 4.09. The molecule has 1 aliphatic carbocycles. The molecule has 2 fully saturated rings. The average Bonchev–Trinajstić information content (AvgIpc) is 2.71. The summed E-state index contributed by atoms with van der Waals surface area (Å²) in [6, 6.07) is 7.82.